The van der Waals surface area contributed by atoms with E-state index in [0.717, 1.165) is 12.8 Å². The summed E-state index contributed by atoms with van der Waals surface area (Å²) in [7, 11) is 3.99. The fraction of sp³-hybridized carbons (Fsp3) is 0.222. The Balaban J connectivity index is 1.80. The standard InChI is InChI=1S/C18H18S2/c1-3-7-15(8-4-1)11-17-13-19-20-14-18(17)12-16-9-5-2-6-10-16/h1-10H,11-14H2. The maximum absolute atomic E-state index is 2.24. The van der Waals surface area contributed by atoms with Gasteiger partial charge in [0.25, 0.3) is 0 Å². The molecule has 0 nitrogen and oxygen atoms in total. The van der Waals surface area contributed by atoms with Crippen molar-refractivity contribution in [3.8, 4) is 0 Å². The average Bonchev–Trinajstić information content (AvgIpc) is 2.51. The van der Waals surface area contributed by atoms with E-state index in [1.807, 2.05) is 21.6 Å². The number of rotatable bonds is 4. The molecule has 0 N–H and O–H groups in total. The second kappa shape index (κ2) is 7.05. The second-order valence-electron chi connectivity index (χ2n) is 5.06. The molecule has 3 rings (SSSR count). The summed E-state index contributed by atoms with van der Waals surface area (Å²) < 4.78 is 0. The summed E-state index contributed by atoms with van der Waals surface area (Å²) in [5, 5.41) is 0. The molecule has 0 saturated carbocycles. The van der Waals surface area contributed by atoms with Crippen LogP contribution in [0.25, 0.3) is 0 Å². The number of hydrogen-bond donors (Lipinski definition) is 0. The summed E-state index contributed by atoms with van der Waals surface area (Å²) in [6.45, 7) is 0. The van der Waals surface area contributed by atoms with Crippen molar-refractivity contribution in [2.45, 2.75) is 12.8 Å². The lowest BCUT2D eigenvalue weighted by Crippen LogP contribution is -2.07. The highest BCUT2D eigenvalue weighted by Gasteiger charge is 2.14. The van der Waals surface area contributed by atoms with Crippen LogP contribution in [-0.2, 0) is 12.8 Å². The van der Waals surface area contributed by atoms with Crippen LogP contribution in [0.5, 0.6) is 0 Å². The summed E-state index contributed by atoms with van der Waals surface area (Å²) in [6.07, 6.45) is 2.22. The van der Waals surface area contributed by atoms with Gasteiger partial charge in [-0.15, -0.1) is 0 Å². The van der Waals surface area contributed by atoms with Crippen LogP contribution in [0.4, 0.5) is 0 Å². The fourth-order valence-corrected chi connectivity index (χ4v) is 4.88. The Kier molecular flexibility index (Phi) is 4.88. The molecule has 102 valence electrons. The van der Waals surface area contributed by atoms with Crippen LogP contribution in [0.1, 0.15) is 11.1 Å². The average molecular weight is 298 g/mol. The molecule has 2 heteroatoms. The normalized spacial score (nSPS) is 15.4. The van der Waals surface area contributed by atoms with Gasteiger partial charge in [0.1, 0.15) is 0 Å². The summed E-state index contributed by atoms with van der Waals surface area (Å²) in [5.74, 6) is 2.34. The first-order valence-corrected chi connectivity index (χ1v) is 9.42. The van der Waals surface area contributed by atoms with E-state index < -0.39 is 0 Å². The van der Waals surface area contributed by atoms with Gasteiger partial charge in [-0.2, -0.15) is 0 Å². The molecule has 0 atom stereocenters. The number of benzene rings is 2. The van der Waals surface area contributed by atoms with Gasteiger partial charge >= 0.3 is 0 Å². The van der Waals surface area contributed by atoms with E-state index in [0.29, 0.717) is 0 Å². The molecule has 1 aliphatic heterocycles. The first-order chi connectivity index (χ1) is 9.92. The minimum Gasteiger partial charge on any atom is -0.0893 e. The molecule has 0 aliphatic carbocycles. The Labute approximate surface area is 129 Å². The van der Waals surface area contributed by atoms with Gasteiger partial charge in [-0.3, -0.25) is 0 Å². The van der Waals surface area contributed by atoms with Crippen molar-refractivity contribution in [1.29, 1.82) is 0 Å². The molecule has 0 bridgehead atoms. The SMILES string of the molecule is c1ccc(CC2=C(Cc3ccccc3)CSSC2)cc1. The summed E-state index contributed by atoms with van der Waals surface area (Å²) >= 11 is 0. The van der Waals surface area contributed by atoms with Gasteiger partial charge in [0.15, 0.2) is 0 Å². The predicted molar refractivity (Wildman–Crippen MR) is 92.2 cm³/mol. The molecule has 1 heterocycles. The van der Waals surface area contributed by atoms with Crippen LogP contribution in [0.15, 0.2) is 71.8 Å². The van der Waals surface area contributed by atoms with Gasteiger partial charge in [0.05, 0.1) is 0 Å². The third-order valence-corrected chi connectivity index (χ3v) is 5.88. The second-order valence-corrected chi connectivity index (χ2v) is 7.52. The van der Waals surface area contributed by atoms with Gasteiger partial charge in [0.2, 0.25) is 0 Å². The van der Waals surface area contributed by atoms with E-state index in [4.69, 9.17) is 0 Å². The lowest BCUT2D eigenvalue weighted by Gasteiger charge is -2.20. The third kappa shape index (κ3) is 3.71. The Morgan fingerprint density at radius 2 is 1.00 bits per heavy atom. The molecular weight excluding hydrogens is 280 g/mol. The van der Waals surface area contributed by atoms with Crippen molar-refractivity contribution in [2.75, 3.05) is 11.5 Å². The van der Waals surface area contributed by atoms with Gasteiger partial charge in [-0.25, -0.2) is 0 Å². The molecule has 0 fully saturated rings. The maximum Gasteiger partial charge on any atom is 0.0254 e. The van der Waals surface area contributed by atoms with Crippen molar-refractivity contribution in [3.05, 3.63) is 82.9 Å². The van der Waals surface area contributed by atoms with Crippen LogP contribution in [0, 0.1) is 0 Å². The van der Waals surface area contributed by atoms with Gasteiger partial charge in [0, 0.05) is 11.5 Å². The Bertz CT molecular complexity index is 519. The summed E-state index contributed by atoms with van der Waals surface area (Å²) in [5.41, 5.74) is 6.12. The van der Waals surface area contributed by atoms with Crippen molar-refractivity contribution < 1.29 is 0 Å². The van der Waals surface area contributed by atoms with Crippen molar-refractivity contribution in [2.24, 2.45) is 0 Å². The van der Waals surface area contributed by atoms with E-state index >= 15 is 0 Å². The van der Waals surface area contributed by atoms with Crippen LogP contribution in [0.2, 0.25) is 0 Å². The zero-order valence-electron chi connectivity index (χ0n) is 11.4. The van der Waals surface area contributed by atoms with E-state index in [-0.39, 0.29) is 0 Å². The molecule has 20 heavy (non-hydrogen) atoms. The summed E-state index contributed by atoms with van der Waals surface area (Å²) in [4.78, 5) is 0. The molecule has 0 unspecified atom stereocenters. The minimum atomic E-state index is 1.11. The van der Waals surface area contributed by atoms with Crippen LogP contribution in [-0.4, -0.2) is 11.5 Å². The van der Waals surface area contributed by atoms with Gasteiger partial charge < -0.3 is 0 Å². The third-order valence-electron chi connectivity index (χ3n) is 3.57. The van der Waals surface area contributed by atoms with Gasteiger partial charge in [-0.1, -0.05) is 93.4 Å². The monoisotopic (exact) mass is 298 g/mol. The van der Waals surface area contributed by atoms with Crippen molar-refractivity contribution in [3.63, 3.8) is 0 Å². The Hall–Kier alpha value is -1.12. The summed E-state index contributed by atoms with van der Waals surface area (Å²) in [6, 6.07) is 21.7. The van der Waals surface area contributed by atoms with E-state index in [1.165, 1.54) is 22.6 Å². The van der Waals surface area contributed by atoms with Gasteiger partial charge in [-0.05, 0) is 24.0 Å². The Morgan fingerprint density at radius 3 is 1.40 bits per heavy atom. The molecular formula is C18H18S2. The first kappa shape index (κ1) is 13.8. The zero-order valence-corrected chi connectivity index (χ0v) is 13.1. The molecule has 0 radical (unpaired) electrons. The molecule has 0 saturated heterocycles. The van der Waals surface area contributed by atoms with Crippen molar-refractivity contribution in [1.82, 2.24) is 0 Å². The topological polar surface area (TPSA) is 0 Å². The highest BCUT2D eigenvalue weighted by molar-refractivity contribution is 8.76. The lowest BCUT2D eigenvalue weighted by atomic mass is 9.97. The highest BCUT2D eigenvalue weighted by atomic mass is 33.1. The lowest BCUT2D eigenvalue weighted by molar-refractivity contribution is 1.04. The zero-order chi connectivity index (χ0) is 13.6. The molecule has 1 aliphatic rings. The van der Waals surface area contributed by atoms with Crippen LogP contribution >= 0.6 is 21.6 Å². The minimum absolute atomic E-state index is 1.11. The fourth-order valence-electron chi connectivity index (χ4n) is 2.47. The largest absolute Gasteiger partial charge is 0.0893 e. The van der Waals surface area contributed by atoms with E-state index in [1.54, 1.807) is 11.1 Å². The molecule has 0 amide bonds. The maximum atomic E-state index is 2.24. The molecule has 0 spiro atoms. The number of hydrogen-bond acceptors (Lipinski definition) is 2. The predicted octanol–water partition coefficient (Wildman–Crippen LogP) is 5.16. The van der Waals surface area contributed by atoms with Crippen LogP contribution in [0.3, 0.4) is 0 Å². The molecule has 2 aromatic carbocycles. The highest BCUT2D eigenvalue weighted by Crippen LogP contribution is 2.35. The smallest absolute Gasteiger partial charge is 0.0254 e. The molecule has 2 aromatic rings. The van der Waals surface area contributed by atoms with E-state index in [9.17, 15) is 0 Å². The first-order valence-electron chi connectivity index (χ1n) is 6.94. The van der Waals surface area contributed by atoms with Crippen molar-refractivity contribution >= 4 is 21.6 Å². The van der Waals surface area contributed by atoms with E-state index in [2.05, 4.69) is 60.7 Å². The van der Waals surface area contributed by atoms with Crippen LogP contribution < -0.4 is 0 Å². The molecule has 0 aromatic heterocycles. The Morgan fingerprint density at radius 1 is 0.600 bits per heavy atom. The quantitative estimate of drug-likeness (QED) is 0.564.